The molecule has 1 aliphatic carbocycles. The minimum absolute atomic E-state index is 0.163. The average molecular weight is 229 g/mol. The Kier molecular flexibility index (Phi) is 2.11. The zero-order valence-electron chi connectivity index (χ0n) is 8.41. The summed E-state index contributed by atoms with van der Waals surface area (Å²) in [7, 11) is 1.37. The second-order valence-electron chi connectivity index (χ2n) is 3.67. The van der Waals surface area contributed by atoms with E-state index in [0.29, 0.717) is 5.75 Å². The van der Waals surface area contributed by atoms with Gasteiger partial charge in [0.05, 0.1) is 12.8 Å². The molecule has 16 heavy (non-hydrogen) atoms. The van der Waals surface area contributed by atoms with Crippen molar-refractivity contribution in [2.75, 3.05) is 7.11 Å². The number of alkyl halides is 2. The Labute approximate surface area is 89.9 Å². The fraction of sp³-hybridized carbons (Fsp3) is 0.400. The molecule has 1 aromatic heterocycles. The van der Waals surface area contributed by atoms with Crippen LogP contribution in [-0.2, 0) is 10.2 Å². The molecule has 0 amide bonds. The summed E-state index contributed by atoms with van der Waals surface area (Å²) in [5.74, 6) is -4.48. The Morgan fingerprint density at radius 3 is 2.69 bits per heavy atom. The van der Waals surface area contributed by atoms with E-state index in [4.69, 9.17) is 9.84 Å². The number of rotatable bonds is 3. The van der Waals surface area contributed by atoms with Crippen molar-refractivity contribution in [2.24, 2.45) is 0 Å². The number of hydrogen-bond donors (Lipinski definition) is 1. The summed E-state index contributed by atoms with van der Waals surface area (Å²) in [5, 5.41) is 8.90. The van der Waals surface area contributed by atoms with Gasteiger partial charge in [-0.25, -0.2) is 8.78 Å². The van der Waals surface area contributed by atoms with Crippen LogP contribution in [0.15, 0.2) is 18.3 Å². The molecule has 1 fully saturated rings. The van der Waals surface area contributed by atoms with E-state index >= 15 is 0 Å². The minimum Gasteiger partial charge on any atom is -0.497 e. The van der Waals surface area contributed by atoms with Crippen LogP contribution in [0.25, 0.3) is 0 Å². The number of aromatic nitrogens is 1. The van der Waals surface area contributed by atoms with Gasteiger partial charge in [-0.05, 0) is 6.07 Å². The van der Waals surface area contributed by atoms with Crippen molar-refractivity contribution in [3.8, 4) is 5.75 Å². The number of aliphatic carboxylic acids is 1. The summed E-state index contributed by atoms with van der Waals surface area (Å²) in [6.07, 6.45) is 0.544. The lowest BCUT2D eigenvalue weighted by atomic mass is 10.0. The van der Waals surface area contributed by atoms with Gasteiger partial charge in [-0.3, -0.25) is 9.78 Å². The standard InChI is InChI=1S/C10H9F2NO3/c1-16-6-2-3-13-7(4-6)9(8(14)15)5-10(9,11)12/h2-4H,5H2,1H3,(H,14,15). The van der Waals surface area contributed by atoms with E-state index < -0.39 is 23.7 Å². The average Bonchev–Trinajstić information content (AvgIpc) is 2.83. The van der Waals surface area contributed by atoms with Gasteiger partial charge in [-0.15, -0.1) is 0 Å². The van der Waals surface area contributed by atoms with Crippen molar-refractivity contribution >= 4 is 5.97 Å². The van der Waals surface area contributed by atoms with Crippen LogP contribution in [0.5, 0.6) is 5.75 Å². The first-order chi connectivity index (χ1) is 7.44. The number of carbonyl (C=O) groups is 1. The van der Waals surface area contributed by atoms with Gasteiger partial charge in [0, 0.05) is 18.7 Å². The van der Waals surface area contributed by atoms with Crippen molar-refractivity contribution in [1.82, 2.24) is 4.98 Å². The second kappa shape index (κ2) is 3.13. The Morgan fingerprint density at radius 1 is 1.62 bits per heavy atom. The summed E-state index contributed by atoms with van der Waals surface area (Å²) in [6, 6.07) is 2.70. The second-order valence-corrected chi connectivity index (χ2v) is 3.67. The van der Waals surface area contributed by atoms with E-state index in [9.17, 15) is 13.6 Å². The third-order valence-electron chi connectivity index (χ3n) is 2.76. The SMILES string of the molecule is COc1ccnc(C2(C(=O)O)CC2(F)F)c1. The Bertz CT molecular complexity index is 449. The number of nitrogens with zero attached hydrogens (tertiary/aromatic N) is 1. The quantitative estimate of drug-likeness (QED) is 0.852. The maximum absolute atomic E-state index is 13.2. The number of methoxy groups -OCH3 is 1. The van der Waals surface area contributed by atoms with Gasteiger partial charge in [0.25, 0.3) is 5.92 Å². The molecule has 1 saturated carbocycles. The summed E-state index contributed by atoms with van der Waals surface area (Å²) < 4.78 is 31.2. The van der Waals surface area contributed by atoms with E-state index in [2.05, 4.69) is 4.98 Å². The van der Waals surface area contributed by atoms with E-state index in [1.807, 2.05) is 0 Å². The van der Waals surface area contributed by atoms with Gasteiger partial charge < -0.3 is 9.84 Å². The molecule has 6 heteroatoms. The molecule has 1 aliphatic rings. The highest BCUT2D eigenvalue weighted by Crippen LogP contribution is 2.61. The first-order valence-corrected chi connectivity index (χ1v) is 4.56. The number of pyridine rings is 1. The zero-order valence-corrected chi connectivity index (χ0v) is 8.41. The van der Waals surface area contributed by atoms with Crippen LogP contribution in [0, 0.1) is 0 Å². The first-order valence-electron chi connectivity index (χ1n) is 4.56. The summed E-state index contributed by atoms with van der Waals surface area (Å²) in [4.78, 5) is 14.6. The van der Waals surface area contributed by atoms with E-state index in [1.54, 1.807) is 0 Å². The molecule has 86 valence electrons. The van der Waals surface area contributed by atoms with Crippen molar-refractivity contribution in [1.29, 1.82) is 0 Å². The molecule has 0 saturated heterocycles. The summed E-state index contributed by atoms with van der Waals surface area (Å²) in [6.45, 7) is 0. The fourth-order valence-corrected chi connectivity index (χ4v) is 1.68. The Balaban J connectivity index is 2.47. The van der Waals surface area contributed by atoms with Crippen LogP contribution in [-0.4, -0.2) is 29.1 Å². The van der Waals surface area contributed by atoms with Crippen LogP contribution in [0.4, 0.5) is 8.78 Å². The largest absolute Gasteiger partial charge is 0.497 e. The van der Waals surface area contributed by atoms with Crippen LogP contribution < -0.4 is 4.74 Å². The van der Waals surface area contributed by atoms with Gasteiger partial charge in [0.15, 0.2) is 5.41 Å². The normalized spacial score (nSPS) is 26.2. The monoisotopic (exact) mass is 229 g/mol. The zero-order chi connectivity index (χ0) is 12.0. The topological polar surface area (TPSA) is 59.4 Å². The molecule has 0 radical (unpaired) electrons. The number of carboxylic acids is 1. The molecule has 0 bridgehead atoms. The lowest BCUT2D eigenvalue weighted by molar-refractivity contribution is -0.143. The highest BCUT2D eigenvalue weighted by Gasteiger charge is 2.78. The van der Waals surface area contributed by atoms with E-state index in [0.717, 1.165) is 0 Å². The third kappa shape index (κ3) is 1.26. The van der Waals surface area contributed by atoms with Gasteiger partial charge in [-0.1, -0.05) is 0 Å². The highest BCUT2D eigenvalue weighted by molar-refractivity contribution is 5.87. The smallest absolute Gasteiger partial charge is 0.322 e. The predicted molar refractivity (Wildman–Crippen MR) is 49.7 cm³/mol. The molecule has 0 spiro atoms. The van der Waals surface area contributed by atoms with Crippen LogP contribution >= 0.6 is 0 Å². The Hall–Kier alpha value is -1.72. The molecule has 1 atom stereocenters. The van der Waals surface area contributed by atoms with Crippen LogP contribution in [0.3, 0.4) is 0 Å². The van der Waals surface area contributed by atoms with Crippen molar-refractivity contribution in [2.45, 2.75) is 17.8 Å². The molecule has 0 aromatic carbocycles. The Morgan fingerprint density at radius 2 is 2.25 bits per heavy atom. The molecular formula is C10H9F2NO3. The third-order valence-corrected chi connectivity index (χ3v) is 2.76. The lowest BCUT2D eigenvalue weighted by Gasteiger charge is -2.11. The first kappa shape index (κ1) is 10.8. The number of halogens is 2. The molecule has 0 aliphatic heterocycles. The molecule has 2 rings (SSSR count). The van der Waals surface area contributed by atoms with Crippen molar-refractivity contribution < 1.29 is 23.4 Å². The van der Waals surface area contributed by atoms with Crippen molar-refractivity contribution in [3.05, 3.63) is 24.0 Å². The van der Waals surface area contributed by atoms with Crippen LogP contribution in [0.1, 0.15) is 12.1 Å². The summed E-state index contributed by atoms with van der Waals surface area (Å²) in [5.41, 5.74) is -2.34. The van der Waals surface area contributed by atoms with Gasteiger partial charge in [0.1, 0.15) is 5.75 Å². The van der Waals surface area contributed by atoms with Gasteiger partial charge in [0.2, 0.25) is 0 Å². The van der Waals surface area contributed by atoms with Crippen molar-refractivity contribution in [3.63, 3.8) is 0 Å². The maximum atomic E-state index is 13.2. The molecule has 1 unspecified atom stereocenters. The molecular weight excluding hydrogens is 220 g/mol. The molecule has 4 nitrogen and oxygen atoms in total. The number of hydrogen-bond acceptors (Lipinski definition) is 3. The highest BCUT2D eigenvalue weighted by atomic mass is 19.3. The maximum Gasteiger partial charge on any atom is 0.322 e. The summed E-state index contributed by atoms with van der Waals surface area (Å²) >= 11 is 0. The van der Waals surface area contributed by atoms with Gasteiger partial charge in [-0.2, -0.15) is 0 Å². The fourth-order valence-electron chi connectivity index (χ4n) is 1.68. The van der Waals surface area contributed by atoms with Crippen LogP contribution in [0.2, 0.25) is 0 Å². The lowest BCUT2D eigenvalue weighted by Crippen LogP contribution is -2.28. The predicted octanol–water partition coefficient (Wildman–Crippen LogP) is 1.45. The molecule has 1 N–H and O–H groups in total. The van der Waals surface area contributed by atoms with Gasteiger partial charge >= 0.3 is 5.97 Å². The van der Waals surface area contributed by atoms with E-state index in [1.165, 1.54) is 25.4 Å². The van der Waals surface area contributed by atoms with E-state index in [-0.39, 0.29) is 5.69 Å². The minimum atomic E-state index is -3.24. The number of carboxylic acid groups (broad SMARTS) is 1. The molecule has 1 aromatic rings. The number of ether oxygens (including phenoxy) is 1. The molecule has 1 heterocycles.